The number of unbranched alkanes of at least 4 members (excludes halogenated alkanes) is 1. The maximum absolute atomic E-state index is 13.3. The van der Waals surface area contributed by atoms with Crippen molar-refractivity contribution in [1.29, 1.82) is 0 Å². The molecule has 4 N–H and O–H groups in total. The minimum Gasteiger partial charge on any atom is -0.479 e. The number of hydrogen-bond acceptors (Lipinski definition) is 5. The summed E-state index contributed by atoms with van der Waals surface area (Å²) in [7, 11) is 0. The van der Waals surface area contributed by atoms with Crippen LogP contribution >= 0.6 is 11.6 Å². The van der Waals surface area contributed by atoms with E-state index in [4.69, 9.17) is 13.0 Å². The number of nitrogens with zero attached hydrogens (tertiary/aromatic N) is 2. The maximum Gasteiger partial charge on any atom is 0.330 e. The summed E-state index contributed by atoms with van der Waals surface area (Å²) in [5.41, 5.74) is 1.95. The Morgan fingerprint density at radius 1 is 1.10 bits per heavy atom. The minimum absolute atomic E-state index is 0.208. The molecule has 1 aromatic heterocycles. The van der Waals surface area contributed by atoms with E-state index in [-0.39, 0.29) is 17.3 Å². The van der Waals surface area contributed by atoms with E-state index in [2.05, 4.69) is 17.2 Å². The third-order valence-corrected chi connectivity index (χ3v) is 7.23. The quantitative estimate of drug-likeness (QED) is 0.226. The van der Waals surface area contributed by atoms with E-state index in [1.807, 2.05) is 11.5 Å². The Bertz CT molecular complexity index is 1330. The van der Waals surface area contributed by atoms with Gasteiger partial charge in [0.1, 0.15) is 11.9 Å². The molecule has 10 heteroatoms. The van der Waals surface area contributed by atoms with Crippen LogP contribution in [-0.2, 0) is 29.2 Å². The third kappa shape index (κ3) is 7.70. The number of benzene rings is 2. The molecule has 40 heavy (non-hydrogen) atoms. The standard InChI is InChI=1S/C30H37ClN4O5/c1-4-6-12-24-32-27(31)23(18-36)35(24)17-20-13-15-22(16-14-20)28(37)33-25(19(3)5-2)29(38)34-26(30(39)40)21-10-8-7-9-11-21/h7-11,13-16,19,25-26,36H,4-6,12,17-18H2,1-3H3,(H,33,37)(H,34,38)(H,39,40)/t19-,25-,26?/m0/s1/i/hD. The first-order valence-electron chi connectivity index (χ1n) is 13.9. The van der Waals surface area contributed by atoms with Crippen LogP contribution in [0.15, 0.2) is 54.6 Å². The lowest BCUT2D eigenvalue weighted by Crippen LogP contribution is -2.51. The number of amides is 2. The Kier molecular flexibility index (Phi) is 10.7. The minimum atomic E-state index is -1.32. The molecule has 0 saturated heterocycles. The van der Waals surface area contributed by atoms with Gasteiger partial charge >= 0.3 is 5.97 Å². The van der Waals surface area contributed by atoms with E-state index in [9.17, 15) is 24.6 Å². The Balaban J connectivity index is 1.80. The first-order chi connectivity index (χ1) is 19.6. The van der Waals surface area contributed by atoms with E-state index in [1.165, 1.54) is 0 Å². The highest BCUT2D eigenvalue weighted by molar-refractivity contribution is 6.30. The van der Waals surface area contributed by atoms with Crippen molar-refractivity contribution < 1.29 is 26.0 Å². The molecular weight excluding hydrogens is 532 g/mol. The number of halogens is 1. The molecule has 3 rings (SSSR count). The molecule has 1 unspecified atom stereocenters. The van der Waals surface area contributed by atoms with Gasteiger partial charge in [0.05, 0.1) is 12.3 Å². The maximum atomic E-state index is 13.3. The Labute approximate surface area is 241 Å². The van der Waals surface area contributed by atoms with Crippen molar-refractivity contribution in [3.8, 4) is 0 Å². The van der Waals surface area contributed by atoms with Gasteiger partial charge in [0, 0.05) is 18.5 Å². The van der Waals surface area contributed by atoms with Crippen LogP contribution in [-0.4, -0.2) is 43.6 Å². The smallest absolute Gasteiger partial charge is 0.330 e. The molecular formula is C30H37ClN4O5. The highest BCUT2D eigenvalue weighted by atomic mass is 35.5. The average Bonchev–Trinajstić information content (AvgIpc) is 3.28. The van der Waals surface area contributed by atoms with Crippen LogP contribution in [0, 0.1) is 5.92 Å². The molecule has 2 aromatic carbocycles. The number of aliphatic hydroxyl groups excluding tert-OH is 1. The van der Waals surface area contributed by atoms with E-state index in [1.54, 1.807) is 61.5 Å². The normalized spacial score (nSPS) is 13.7. The second kappa shape index (κ2) is 14.6. The lowest BCUT2D eigenvalue weighted by atomic mass is 9.96. The van der Waals surface area contributed by atoms with E-state index < -0.39 is 35.8 Å². The van der Waals surface area contributed by atoms with Gasteiger partial charge in [-0.2, -0.15) is 0 Å². The Morgan fingerprint density at radius 2 is 1.77 bits per heavy atom. The highest BCUT2D eigenvalue weighted by Crippen LogP contribution is 2.21. The summed E-state index contributed by atoms with van der Waals surface area (Å²) in [6.45, 7) is 5.79. The molecule has 9 nitrogen and oxygen atoms in total. The molecule has 3 atom stereocenters. The summed E-state index contributed by atoms with van der Waals surface area (Å²) in [4.78, 5) is 43.0. The van der Waals surface area contributed by atoms with E-state index in [0.29, 0.717) is 36.0 Å². The van der Waals surface area contributed by atoms with Gasteiger partial charge in [0.2, 0.25) is 5.91 Å². The number of carbonyl (C=O) groups excluding carboxylic acids is 2. The van der Waals surface area contributed by atoms with Gasteiger partial charge in [-0.3, -0.25) is 9.59 Å². The van der Waals surface area contributed by atoms with Gasteiger partial charge in [-0.15, -0.1) is 0 Å². The fraction of sp³-hybridized carbons (Fsp3) is 0.400. The summed E-state index contributed by atoms with van der Waals surface area (Å²) in [5, 5.41) is 23.0. The molecule has 0 aliphatic heterocycles. The number of aliphatic carboxylic acids is 1. The third-order valence-electron chi connectivity index (χ3n) is 6.92. The van der Waals surface area contributed by atoms with Gasteiger partial charge in [-0.1, -0.05) is 87.7 Å². The van der Waals surface area contributed by atoms with Gasteiger partial charge < -0.3 is 25.4 Å². The van der Waals surface area contributed by atoms with Crippen LogP contribution in [0.2, 0.25) is 6.56 Å². The van der Waals surface area contributed by atoms with Crippen molar-refractivity contribution >= 4 is 29.4 Å². The molecule has 0 spiro atoms. The van der Waals surface area contributed by atoms with Crippen molar-refractivity contribution in [2.24, 2.45) is 5.92 Å². The highest BCUT2D eigenvalue weighted by Gasteiger charge is 2.30. The second-order valence-corrected chi connectivity index (χ2v) is 10.1. The van der Waals surface area contributed by atoms with Gasteiger partial charge in [0.15, 0.2) is 12.6 Å². The van der Waals surface area contributed by atoms with Crippen LogP contribution < -0.4 is 10.6 Å². The number of carboxylic acids is 1. The molecule has 0 saturated carbocycles. The summed E-state index contributed by atoms with van der Waals surface area (Å²) in [6.07, 6.45) is 3.11. The largest absolute Gasteiger partial charge is 0.479 e. The summed E-state index contributed by atoms with van der Waals surface area (Å²) in [6, 6.07) is 12.4. The van der Waals surface area contributed by atoms with Crippen molar-refractivity contribution in [3.05, 3.63) is 88.0 Å². The number of aromatic nitrogens is 2. The van der Waals surface area contributed by atoms with E-state index in [0.717, 1.165) is 24.2 Å². The van der Waals surface area contributed by atoms with Crippen molar-refractivity contribution in [2.45, 2.75) is 71.7 Å². The SMILES string of the molecule is [2H]N(C(=O)c1ccc(Cn2c(CCCC)nc(Cl)c2CO)cc1)[C@H](C(=O)NC(C(=O)O)c1ccccc1)[C@@H](C)CC. The number of rotatable bonds is 14. The predicted octanol–water partition coefficient (Wildman–Crippen LogP) is 4.51. The van der Waals surface area contributed by atoms with E-state index >= 15 is 0 Å². The Hall–Kier alpha value is -3.69. The number of aliphatic hydroxyl groups is 1. The summed E-state index contributed by atoms with van der Waals surface area (Å²) >= 11 is 6.24. The van der Waals surface area contributed by atoms with Crippen molar-refractivity contribution in [2.75, 3.05) is 0 Å². The van der Waals surface area contributed by atoms with Crippen LogP contribution in [0.1, 0.15) is 79.1 Å². The number of imidazole rings is 1. The molecule has 0 bridgehead atoms. The number of carboxylic acid groups (broad SMARTS) is 1. The second-order valence-electron chi connectivity index (χ2n) is 9.77. The molecule has 0 fully saturated rings. The number of aryl methyl sites for hydroxylation is 1. The first-order valence-corrected chi connectivity index (χ1v) is 13.8. The summed E-state index contributed by atoms with van der Waals surface area (Å²) in [5.74, 6) is -2.29. The molecule has 0 aliphatic carbocycles. The zero-order chi connectivity index (χ0) is 30.1. The van der Waals surface area contributed by atoms with Gasteiger partial charge in [-0.05, 0) is 35.6 Å². The van der Waals surface area contributed by atoms with Crippen LogP contribution in [0.3, 0.4) is 0 Å². The number of hydrogen-bond donors (Lipinski definition) is 4. The molecule has 0 radical (unpaired) electrons. The molecule has 0 aliphatic rings. The summed E-state index contributed by atoms with van der Waals surface area (Å²) < 4.78 is 10.5. The zero-order valence-corrected chi connectivity index (χ0v) is 23.8. The fourth-order valence-electron chi connectivity index (χ4n) is 4.33. The lowest BCUT2D eigenvalue weighted by Gasteiger charge is -2.25. The lowest BCUT2D eigenvalue weighted by molar-refractivity contribution is -0.142. The topological polar surface area (TPSA) is 134 Å². The van der Waals surface area contributed by atoms with Crippen LogP contribution in [0.5, 0.6) is 0 Å². The van der Waals surface area contributed by atoms with Crippen LogP contribution in [0.25, 0.3) is 0 Å². The van der Waals surface area contributed by atoms with Crippen molar-refractivity contribution in [3.63, 3.8) is 0 Å². The van der Waals surface area contributed by atoms with Gasteiger partial charge in [-0.25, -0.2) is 9.78 Å². The number of carbonyl (C=O) groups is 3. The first kappa shape index (κ1) is 29.3. The van der Waals surface area contributed by atoms with Gasteiger partial charge in [0.25, 0.3) is 5.91 Å². The Morgan fingerprint density at radius 3 is 2.35 bits per heavy atom. The molecule has 1 heterocycles. The zero-order valence-electron chi connectivity index (χ0n) is 24.0. The average molecular weight is 570 g/mol. The number of nitrogens with one attached hydrogen (secondary N) is 2. The monoisotopic (exact) mass is 569 g/mol. The van der Waals surface area contributed by atoms with Crippen molar-refractivity contribution in [1.82, 2.24) is 20.2 Å². The van der Waals surface area contributed by atoms with Crippen LogP contribution in [0.4, 0.5) is 0 Å². The molecule has 2 amide bonds. The molecule has 214 valence electrons. The predicted molar refractivity (Wildman–Crippen MR) is 153 cm³/mol. The molecule has 3 aromatic rings. The fourth-order valence-corrected chi connectivity index (χ4v) is 4.59.